The minimum absolute atomic E-state index is 0.153. The van der Waals surface area contributed by atoms with Crippen LogP contribution in [0.1, 0.15) is 5.56 Å². The Morgan fingerprint density at radius 1 is 1.23 bits per heavy atom. The molecule has 7 heteroatoms. The van der Waals surface area contributed by atoms with Gasteiger partial charge in [-0.25, -0.2) is 0 Å². The van der Waals surface area contributed by atoms with Gasteiger partial charge in [0.25, 0.3) is 0 Å². The summed E-state index contributed by atoms with van der Waals surface area (Å²) in [5.41, 5.74) is 0.545. The number of benzene rings is 1. The van der Waals surface area contributed by atoms with E-state index in [1.807, 2.05) is 0 Å². The molecular weight excluding hydrogens is 329 g/mol. The Kier molecular flexibility index (Phi) is 7.95. The summed E-state index contributed by atoms with van der Waals surface area (Å²) in [7, 11) is 2.78. The first-order valence-corrected chi connectivity index (χ1v) is 7.22. The maximum Gasteiger partial charge on any atom is 0.325 e. The first-order valence-electron chi connectivity index (χ1n) is 6.46. The second-order valence-electron chi connectivity index (χ2n) is 4.30. The van der Waals surface area contributed by atoms with Crippen LogP contribution >= 0.6 is 23.2 Å². The van der Waals surface area contributed by atoms with Crippen molar-refractivity contribution in [1.29, 1.82) is 0 Å². The van der Waals surface area contributed by atoms with Gasteiger partial charge in [-0.2, -0.15) is 0 Å². The Labute approximate surface area is 139 Å². The van der Waals surface area contributed by atoms with E-state index in [9.17, 15) is 9.59 Å². The number of hydrogen-bond acceptors (Lipinski definition) is 4. The highest BCUT2D eigenvalue weighted by Gasteiger charge is 2.15. The van der Waals surface area contributed by atoms with Crippen molar-refractivity contribution in [2.75, 3.05) is 33.9 Å². The summed E-state index contributed by atoms with van der Waals surface area (Å²) in [6.07, 6.45) is 2.83. The van der Waals surface area contributed by atoms with Crippen molar-refractivity contribution in [3.05, 3.63) is 39.9 Å². The number of rotatable bonds is 7. The molecule has 0 fully saturated rings. The zero-order valence-corrected chi connectivity index (χ0v) is 13.9. The van der Waals surface area contributed by atoms with Crippen LogP contribution < -0.4 is 0 Å². The molecule has 0 aromatic heterocycles. The molecule has 0 bridgehead atoms. The van der Waals surface area contributed by atoms with Gasteiger partial charge in [-0.05, 0) is 18.2 Å². The van der Waals surface area contributed by atoms with Crippen molar-refractivity contribution in [3.63, 3.8) is 0 Å². The molecule has 0 saturated carbocycles. The van der Waals surface area contributed by atoms with E-state index in [1.165, 1.54) is 31.3 Å². The predicted molar refractivity (Wildman–Crippen MR) is 86.0 cm³/mol. The topological polar surface area (TPSA) is 55.8 Å². The number of halogens is 2. The molecule has 0 saturated heterocycles. The lowest BCUT2D eigenvalue weighted by Crippen LogP contribution is -2.37. The van der Waals surface area contributed by atoms with Crippen molar-refractivity contribution in [2.24, 2.45) is 0 Å². The molecule has 0 atom stereocenters. The Hall–Kier alpha value is -1.56. The molecule has 0 aliphatic rings. The van der Waals surface area contributed by atoms with Crippen molar-refractivity contribution in [1.82, 2.24) is 4.90 Å². The summed E-state index contributed by atoms with van der Waals surface area (Å²) in [5, 5.41) is 0.876. The van der Waals surface area contributed by atoms with Crippen LogP contribution in [0.5, 0.6) is 0 Å². The summed E-state index contributed by atoms with van der Waals surface area (Å²) >= 11 is 12.1. The highest BCUT2D eigenvalue weighted by molar-refractivity contribution is 6.37. The second kappa shape index (κ2) is 9.46. The van der Waals surface area contributed by atoms with Crippen molar-refractivity contribution >= 4 is 41.2 Å². The van der Waals surface area contributed by atoms with Gasteiger partial charge in [0.2, 0.25) is 5.91 Å². The number of carbonyl (C=O) groups excluding carboxylic acids is 2. The summed E-state index contributed by atoms with van der Waals surface area (Å²) in [5.74, 6) is -0.868. The maximum atomic E-state index is 12.2. The minimum atomic E-state index is -0.506. The van der Waals surface area contributed by atoms with Gasteiger partial charge in [0.15, 0.2) is 0 Å². The van der Waals surface area contributed by atoms with Crippen LogP contribution in [0.3, 0.4) is 0 Å². The van der Waals surface area contributed by atoms with Crippen LogP contribution in [0.4, 0.5) is 0 Å². The number of methoxy groups -OCH3 is 2. The first kappa shape index (κ1) is 18.5. The molecule has 1 aromatic rings. The highest BCUT2D eigenvalue weighted by Crippen LogP contribution is 2.25. The van der Waals surface area contributed by atoms with Gasteiger partial charge >= 0.3 is 5.97 Å². The molecule has 0 N–H and O–H groups in total. The van der Waals surface area contributed by atoms with Crippen molar-refractivity contribution in [3.8, 4) is 0 Å². The molecule has 0 aliphatic heterocycles. The van der Waals surface area contributed by atoms with Crippen molar-refractivity contribution < 1.29 is 19.1 Å². The molecular formula is C15H17Cl2NO4. The monoisotopic (exact) mass is 345 g/mol. The molecule has 0 aliphatic carbocycles. The fourth-order valence-electron chi connectivity index (χ4n) is 1.62. The maximum absolute atomic E-state index is 12.2. The third-order valence-corrected chi connectivity index (χ3v) is 3.48. The highest BCUT2D eigenvalue weighted by atomic mass is 35.5. The van der Waals surface area contributed by atoms with E-state index in [2.05, 4.69) is 4.74 Å². The molecule has 120 valence electrons. The van der Waals surface area contributed by atoms with E-state index in [-0.39, 0.29) is 19.0 Å². The van der Waals surface area contributed by atoms with E-state index in [1.54, 1.807) is 18.2 Å². The van der Waals surface area contributed by atoms with Gasteiger partial charge < -0.3 is 14.4 Å². The molecule has 22 heavy (non-hydrogen) atoms. The molecule has 0 spiro atoms. The molecule has 1 rings (SSSR count). The minimum Gasteiger partial charge on any atom is -0.468 e. The lowest BCUT2D eigenvalue weighted by Gasteiger charge is -2.19. The zero-order chi connectivity index (χ0) is 16.5. The van der Waals surface area contributed by atoms with E-state index in [0.29, 0.717) is 22.2 Å². The van der Waals surface area contributed by atoms with Crippen molar-refractivity contribution in [2.45, 2.75) is 0 Å². The molecule has 1 aromatic carbocycles. The van der Waals surface area contributed by atoms with E-state index >= 15 is 0 Å². The average Bonchev–Trinajstić information content (AvgIpc) is 2.50. The molecule has 0 radical (unpaired) electrons. The van der Waals surface area contributed by atoms with Gasteiger partial charge in [0, 0.05) is 35.3 Å². The lowest BCUT2D eigenvalue weighted by atomic mass is 10.2. The number of hydrogen-bond donors (Lipinski definition) is 0. The van der Waals surface area contributed by atoms with E-state index in [4.69, 9.17) is 27.9 Å². The van der Waals surface area contributed by atoms with Gasteiger partial charge in [-0.1, -0.05) is 29.3 Å². The third kappa shape index (κ3) is 5.67. The number of esters is 1. The van der Waals surface area contributed by atoms with E-state index < -0.39 is 5.97 Å². The summed E-state index contributed by atoms with van der Waals surface area (Å²) in [6.45, 7) is 0.424. The Bertz CT molecular complexity index is 540. The molecule has 0 unspecified atom stereocenters. The SMILES string of the molecule is COCCN(CC(=O)OC)C(=O)C=Cc1c(Cl)cccc1Cl. The number of nitrogens with zero attached hydrogens (tertiary/aromatic N) is 1. The largest absolute Gasteiger partial charge is 0.468 e. The predicted octanol–water partition coefficient (Wildman–Crippen LogP) is 2.65. The number of carbonyl (C=O) groups is 2. The second-order valence-corrected chi connectivity index (χ2v) is 5.11. The van der Waals surface area contributed by atoms with Gasteiger partial charge in [0.1, 0.15) is 6.54 Å². The normalized spacial score (nSPS) is 10.7. The summed E-state index contributed by atoms with van der Waals surface area (Å²) < 4.78 is 9.50. The quantitative estimate of drug-likeness (QED) is 0.563. The lowest BCUT2D eigenvalue weighted by molar-refractivity contribution is -0.145. The number of amides is 1. The Morgan fingerprint density at radius 2 is 1.86 bits per heavy atom. The summed E-state index contributed by atoms with van der Waals surface area (Å²) in [4.78, 5) is 24.9. The first-order chi connectivity index (χ1) is 10.5. The Balaban J connectivity index is 2.85. The standard InChI is InChI=1S/C15H17Cl2NO4/c1-21-9-8-18(10-15(20)22-2)14(19)7-6-11-12(16)4-3-5-13(11)17/h3-7H,8-10H2,1-2H3. The van der Waals surface area contributed by atoms with Crippen LogP contribution in [0, 0.1) is 0 Å². The fourth-order valence-corrected chi connectivity index (χ4v) is 2.14. The summed E-state index contributed by atoms with van der Waals surface area (Å²) in [6, 6.07) is 5.06. The fraction of sp³-hybridized carbons (Fsp3) is 0.333. The Morgan fingerprint density at radius 3 is 2.41 bits per heavy atom. The van der Waals surface area contributed by atoms with Gasteiger partial charge in [0.05, 0.1) is 13.7 Å². The molecule has 0 heterocycles. The van der Waals surface area contributed by atoms with Crippen LogP contribution in [0.25, 0.3) is 6.08 Å². The molecule has 1 amide bonds. The average molecular weight is 346 g/mol. The van der Waals surface area contributed by atoms with Crippen LogP contribution in [0.15, 0.2) is 24.3 Å². The van der Waals surface area contributed by atoms with Gasteiger partial charge in [-0.15, -0.1) is 0 Å². The van der Waals surface area contributed by atoms with Gasteiger partial charge in [-0.3, -0.25) is 9.59 Å². The van der Waals surface area contributed by atoms with Crippen LogP contribution in [0.2, 0.25) is 10.0 Å². The number of ether oxygens (including phenoxy) is 2. The smallest absolute Gasteiger partial charge is 0.325 e. The van der Waals surface area contributed by atoms with Crippen LogP contribution in [-0.4, -0.2) is 50.7 Å². The zero-order valence-electron chi connectivity index (χ0n) is 12.3. The third-order valence-electron chi connectivity index (χ3n) is 2.82. The van der Waals surface area contributed by atoms with E-state index in [0.717, 1.165) is 0 Å². The van der Waals surface area contributed by atoms with Crippen LogP contribution in [-0.2, 0) is 19.1 Å². The molecule has 5 nitrogen and oxygen atoms in total.